The molecule has 0 aromatic heterocycles. The number of ether oxygens (including phenoxy) is 1. The monoisotopic (exact) mass is 249 g/mol. The van der Waals surface area contributed by atoms with E-state index < -0.39 is 5.97 Å². The van der Waals surface area contributed by atoms with Crippen LogP contribution in [0.15, 0.2) is 30.3 Å². The lowest BCUT2D eigenvalue weighted by Crippen LogP contribution is -2.09. The van der Waals surface area contributed by atoms with E-state index in [-0.39, 0.29) is 11.7 Å². The lowest BCUT2D eigenvalue weighted by Gasteiger charge is -2.05. The van der Waals surface area contributed by atoms with Crippen LogP contribution < -0.4 is 0 Å². The number of nitrogens with zero attached hydrogens (tertiary/aromatic N) is 1. The average molecular weight is 250 g/mol. The fourth-order valence-electron chi connectivity index (χ4n) is 1.22. The summed E-state index contributed by atoms with van der Waals surface area (Å²) in [7, 11) is 0. The van der Waals surface area contributed by atoms with E-state index in [1.54, 1.807) is 38.1 Å². The molecule has 0 aliphatic rings. The second kappa shape index (κ2) is 6.07. The standard InChI is InChI=1S/C13H12ClNO2/c1-9(2)17-13(16)7-11(8-15)10-4-3-5-12(14)6-10/h3-7,9H,1-2H3. The van der Waals surface area contributed by atoms with Gasteiger partial charge in [0.25, 0.3) is 0 Å². The van der Waals surface area contributed by atoms with Gasteiger partial charge in [0.2, 0.25) is 0 Å². The minimum atomic E-state index is -0.531. The van der Waals surface area contributed by atoms with Gasteiger partial charge in [0.15, 0.2) is 0 Å². The Morgan fingerprint density at radius 1 is 1.53 bits per heavy atom. The van der Waals surface area contributed by atoms with Crippen molar-refractivity contribution in [1.82, 2.24) is 0 Å². The fraction of sp³-hybridized carbons (Fsp3) is 0.231. The maximum absolute atomic E-state index is 11.4. The van der Waals surface area contributed by atoms with Crippen LogP contribution in [-0.4, -0.2) is 12.1 Å². The average Bonchev–Trinajstić information content (AvgIpc) is 2.24. The third kappa shape index (κ3) is 4.29. The van der Waals surface area contributed by atoms with Crippen LogP contribution in [0.1, 0.15) is 19.4 Å². The highest BCUT2D eigenvalue weighted by atomic mass is 35.5. The number of hydrogen-bond acceptors (Lipinski definition) is 3. The van der Waals surface area contributed by atoms with E-state index in [0.29, 0.717) is 10.6 Å². The molecule has 17 heavy (non-hydrogen) atoms. The van der Waals surface area contributed by atoms with Gasteiger partial charge in [-0.15, -0.1) is 0 Å². The molecule has 88 valence electrons. The molecule has 0 saturated carbocycles. The van der Waals surface area contributed by atoms with Crippen molar-refractivity contribution in [2.45, 2.75) is 20.0 Å². The number of nitriles is 1. The SMILES string of the molecule is CC(C)OC(=O)C=C(C#N)c1cccc(Cl)c1. The highest BCUT2D eigenvalue weighted by Gasteiger charge is 2.07. The molecule has 4 heteroatoms. The van der Waals surface area contributed by atoms with E-state index in [1.807, 2.05) is 6.07 Å². The minimum Gasteiger partial charge on any atom is -0.460 e. The van der Waals surface area contributed by atoms with E-state index in [1.165, 1.54) is 6.08 Å². The van der Waals surface area contributed by atoms with E-state index in [0.717, 1.165) is 0 Å². The van der Waals surface area contributed by atoms with Gasteiger partial charge in [0.05, 0.1) is 11.7 Å². The second-order valence-electron chi connectivity index (χ2n) is 3.67. The van der Waals surface area contributed by atoms with Crippen LogP contribution in [0.4, 0.5) is 0 Å². The van der Waals surface area contributed by atoms with Crippen LogP contribution in [0.25, 0.3) is 5.57 Å². The zero-order chi connectivity index (χ0) is 12.8. The van der Waals surface area contributed by atoms with Crippen LogP contribution in [-0.2, 0) is 9.53 Å². The van der Waals surface area contributed by atoms with Crippen molar-refractivity contribution in [3.8, 4) is 6.07 Å². The van der Waals surface area contributed by atoms with Gasteiger partial charge >= 0.3 is 5.97 Å². The Labute approximate surface area is 105 Å². The summed E-state index contributed by atoms with van der Waals surface area (Å²) in [5.74, 6) is -0.531. The zero-order valence-electron chi connectivity index (χ0n) is 9.61. The lowest BCUT2D eigenvalue weighted by molar-refractivity contribution is -0.141. The molecule has 0 amide bonds. The summed E-state index contributed by atoms with van der Waals surface area (Å²) >= 11 is 5.81. The predicted molar refractivity (Wildman–Crippen MR) is 66.3 cm³/mol. The zero-order valence-corrected chi connectivity index (χ0v) is 10.4. The Kier molecular flexibility index (Phi) is 4.74. The number of halogens is 1. The van der Waals surface area contributed by atoms with Crippen molar-refractivity contribution in [3.05, 3.63) is 40.9 Å². The first kappa shape index (κ1) is 13.3. The van der Waals surface area contributed by atoms with E-state index in [4.69, 9.17) is 21.6 Å². The van der Waals surface area contributed by atoms with Gasteiger partial charge in [-0.3, -0.25) is 0 Å². The summed E-state index contributed by atoms with van der Waals surface area (Å²) in [5, 5.41) is 9.50. The molecule has 1 rings (SSSR count). The summed E-state index contributed by atoms with van der Waals surface area (Å²) in [5.41, 5.74) is 0.832. The molecule has 0 aliphatic heterocycles. The van der Waals surface area contributed by atoms with Gasteiger partial charge < -0.3 is 4.74 Å². The first-order chi connectivity index (χ1) is 8.02. The Balaban J connectivity index is 2.97. The Morgan fingerprint density at radius 3 is 2.76 bits per heavy atom. The number of esters is 1. The van der Waals surface area contributed by atoms with Gasteiger partial charge in [-0.05, 0) is 31.5 Å². The first-order valence-electron chi connectivity index (χ1n) is 5.11. The molecule has 0 unspecified atom stereocenters. The van der Waals surface area contributed by atoms with E-state index in [2.05, 4.69) is 0 Å². The summed E-state index contributed by atoms with van der Waals surface area (Å²) in [6.07, 6.45) is 0.962. The number of benzene rings is 1. The number of carbonyl (C=O) groups excluding carboxylic acids is 1. The van der Waals surface area contributed by atoms with Crippen molar-refractivity contribution >= 4 is 23.1 Å². The smallest absolute Gasteiger partial charge is 0.332 e. The third-order valence-electron chi connectivity index (χ3n) is 1.87. The van der Waals surface area contributed by atoms with Gasteiger partial charge in [-0.25, -0.2) is 4.79 Å². The Bertz CT molecular complexity index is 486. The van der Waals surface area contributed by atoms with Crippen molar-refractivity contribution in [2.24, 2.45) is 0 Å². The van der Waals surface area contributed by atoms with Crippen molar-refractivity contribution < 1.29 is 9.53 Å². The molecule has 0 saturated heterocycles. The van der Waals surface area contributed by atoms with Crippen LogP contribution in [0.2, 0.25) is 5.02 Å². The highest BCUT2D eigenvalue weighted by molar-refractivity contribution is 6.30. The molecule has 0 radical (unpaired) electrons. The van der Waals surface area contributed by atoms with Crippen LogP contribution in [0.3, 0.4) is 0 Å². The number of carbonyl (C=O) groups is 1. The summed E-state index contributed by atoms with van der Waals surface area (Å²) < 4.78 is 4.93. The van der Waals surface area contributed by atoms with Gasteiger partial charge in [-0.2, -0.15) is 5.26 Å². The molecule has 0 N–H and O–H groups in total. The van der Waals surface area contributed by atoms with Crippen LogP contribution in [0.5, 0.6) is 0 Å². The van der Waals surface area contributed by atoms with Crippen LogP contribution in [0, 0.1) is 11.3 Å². The predicted octanol–water partition coefficient (Wildman–Crippen LogP) is 3.20. The van der Waals surface area contributed by atoms with Crippen molar-refractivity contribution in [3.63, 3.8) is 0 Å². The quantitative estimate of drug-likeness (QED) is 0.470. The molecule has 0 atom stereocenters. The van der Waals surface area contributed by atoms with E-state index in [9.17, 15) is 4.79 Å². The van der Waals surface area contributed by atoms with Gasteiger partial charge in [0, 0.05) is 11.1 Å². The number of hydrogen-bond donors (Lipinski definition) is 0. The Morgan fingerprint density at radius 2 is 2.24 bits per heavy atom. The maximum atomic E-state index is 11.4. The molecule has 3 nitrogen and oxygen atoms in total. The van der Waals surface area contributed by atoms with E-state index >= 15 is 0 Å². The summed E-state index contributed by atoms with van der Waals surface area (Å²) in [4.78, 5) is 11.4. The number of allylic oxidation sites excluding steroid dienone is 1. The molecular formula is C13H12ClNO2. The number of rotatable bonds is 3. The van der Waals surface area contributed by atoms with Crippen LogP contribution >= 0.6 is 11.6 Å². The van der Waals surface area contributed by atoms with Gasteiger partial charge in [0.1, 0.15) is 6.07 Å². The van der Waals surface area contributed by atoms with Crippen molar-refractivity contribution in [1.29, 1.82) is 5.26 Å². The second-order valence-corrected chi connectivity index (χ2v) is 4.10. The molecule has 0 fully saturated rings. The summed E-state index contributed by atoms with van der Waals surface area (Å²) in [6.45, 7) is 3.49. The largest absolute Gasteiger partial charge is 0.460 e. The molecule has 0 bridgehead atoms. The Hall–Kier alpha value is -1.79. The molecule has 0 aliphatic carbocycles. The molecular weight excluding hydrogens is 238 g/mol. The highest BCUT2D eigenvalue weighted by Crippen LogP contribution is 2.18. The topological polar surface area (TPSA) is 50.1 Å². The minimum absolute atomic E-state index is 0.210. The molecule has 0 spiro atoms. The molecule has 1 aromatic rings. The third-order valence-corrected chi connectivity index (χ3v) is 2.11. The first-order valence-corrected chi connectivity index (χ1v) is 5.49. The molecule has 0 heterocycles. The van der Waals surface area contributed by atoms with Crippen molar-refractivity contribution in [2.75, 3.05) is 0 Å². The maximum Gasteiger partial charge on any atom is 0.332 e. The van der Waals surface area contributed by atoms with Gasteiger partial charge in [-0.1, -0.05) is 23.7 Å². The molecule has 1 aromatic carbocycles. The fourth-order valence-corrected chi connectivity index (χ4v) is 1.41. The normalized spacial score (nSPS) is 11.1. The summed E-state index contributed by atoms with van der Waals surface area (Å²) in [6, 6.07) is 8.71. The lowest BCUT2D eigenvalue weighted by atomic mass is 10.1.